The topological polar surface area (TPSA) is 73.1 Å². The fourth-order valence-electron chi connectivity index (χ4n) is 1.83. The van der Waals surface area contributed by atoms with Gasteiger partial charge in [0.2, 0.25) is 0 Å². The van der Waals surface area contributed by atoms with E-state index in [2.05, 4.69) is 11.4 Å². The summed E-state index contributed by atoms with van der Waals surface area (Å²) in [6.45, 7) is 2.54. The summed E-state index contributed by atoms with van der Waals surface area (Å²) in [7, 11) is 0. The molecule has 102 valence electrons. The Kier molecular flexibility index (Phi) is 6.23. The van der Waals surface area contributed by atoms with Gasteiger partial charge in [0, 0.05) is 17.9 Å². The van der Waals surface area contributed by atoms with Crippen molar-refractivity contribution in [2.45, 2.75) is 24.7 Å². The predicted octanol–water partition coefficient (Wildman–Crippen LogP) is 3.19. The van der Waals surface area contributed by atoms with Gasteiger partial charge in [0.1, 0.15) is 6.07 Å². The number of carbonyl (C=O) groups is 1. The Bertz CT molecular complexity index is 483. The van der Waals surface area contributed by atoms with Crippen LogP contribution in [0.4, 0.5) is 5.69 Å². The van der Waals surface area contributed by atoms with E-state index in [0.717, 1.165) is 17.0 Å². The molecule has 19 heavy (non-hydrogen) atoms. The minimum atomic E-state index is -0.785. The highest BCUT2D eigenvalue weighted by molar-refractivity contribution is 7.98. The van der Waals surface area contributed by atoms with Crippen molar-refractivity contribution in [3.63, 3.8) is 0 Å². The fraction of sp³-hybridized carbons (Fsp3) is 0.429. The highest BCUT2D eigenvalue weighted by Crippen LogP contribution is 2.26. The maximum atomic E-state index is 10.7. The van der Waals surface area contributed by atoms with Crippen LogP contribution in [0.15, 0.2) is 23.1 Å². The predicted molar refractivity (Wildman–Crippen MR) is 77.5 cm³/mol. The van der Waals surface area contributed by atoms with E-state index in [-0.39, 0.29) is 12.3 Å². The van der Waals surface area contributed by atoms with Crippen molar-refractivity contribution in [2.75, 3.05) is 18.1 Å². The zero-order valence-corrected chi connectivity index (χ0v) is 12.0. The van der Waals surface area contributed by atoms with E-state index in [1.807, 2.05) is 31.4 Å². The van der Waals surface area contributed by atoms with Crippen LogP contribution in [0, 0.1) is 17.2 Å². The van der Waals surface area contributed by atoms with E-state index in [0.29, 0.717) is 12.1 Å². The second kappa shape index (κ2) is 7.70. The third kappa shape index (κ3) is 4.49. The van der Waals surface area contributed by atoms with E-state index in [4.69, 9.17) is 5.11 Å². The van der Waals surface area contributed by atoms with Crippen molar-refractivity contribution in [3.8, 4) is 6.07 Å². The van der Waals surface area contributed by atoms with Gasteiger partial charge in [-0.25, -0.2) is 0 Å². The molecule has 1 aromatic carbocycles. The van der Waals surface area contributed by atoms with Gasteiger partial charge in [-0.3, -0.25) is 4.79 Å². The summed E-state index contributed by atoms with van der Waals surface area (Å²) >= 11 is 1.53. The zero-order valence-electron chi connectivity index (χ0n) is 11.1. The molecule has 1 aromatic rings. The highest BCUT2D eigenvalue weighted by atomic mass is 32.2. The molecule has 0 heterocycles. The molecule has 2 N–H and O–H groups in total. The van der Waals surface area contributed by atoms with Crippen LogP contribution in [-0.4, -0.2) is 23.9 Å². The van der Waals surface area contributed by atoms with E-state index in [9.17, 15) is 10.1 Å². The van der Waals surface area contributed by atoms with Crippen molar-refractivity contribution in [3.05, 3.63) is 23.8 Å². The molecule has 1 atom stereocenters. The lowest BCUT2D eigenvalue weighted by Gasteiger charge is -2.16. The SMILES string of the molecule is CCC(CNc1cccc(SC)c1C#N)CC(=O)O. The van der Waals surface area contributed by atoms with Crippen LogP contribution in [0.25, 0.3) is 0 Å². The summed E-state index contributed by atoms with van der Waals surface area (Å²) in [4.78, 5) is 11.6. The molecule has 1 unspecified atom stereocenters. The average molecular weight is 278 g/mol. The Balaban J connectivity index is 2.77. The van der Waals surface area contributed by atoms with Gasteiger partial charge in [-0.15, -0.1) is 11.8 Å². The molecule has 0 spiro atoms. The van der Waals surface area contributed by atoms with Crippen LogP contribution >= 0.6 is 11.8 Å². The summed E-state index contributed by atoms with van der Waals surface area (Å²) in [5, 5.41) is 21.2. The quantitative estimate of drug-likeness (QED) is 0.749. The van der Waals surface area contributed by atoms with Crippen LogP contribution in [-0.2, 0) is 4.79 Å². The van der Waals surface area contributed by atoms with E-state index in [1.165, 1.54) is 11.8 Å². The van der Waals surface area contributed by atoms with Gasteiger partial charge in [-0.1, -0.05) is 19.4 Å². The van der Waals surface area contributed by atoms with E-state index in [1.54, 1.807) is 0 Å². The lowest BCUT2D eigenvalue weighted by Crippen LogP contribution is -2.17. The van der Waals surface area contributed by atoms with Crippen LogP contribution in [0.3, 0.4) is 0 Å². The first kappa shape index (κ1) is 15.4. The molecule has 0 fully saturated rings. The number of hydrogen-bond acceptors (Lipinski definition) is 4. The maximum Gasteiger partial charge on any atom is 0.303 e. The number of rotatable bonds is 7. The lowest BCUT2D eigenvalue weighted by molar-refractivity contribution is -0.138. The first-order valence-corrected chi connectivity index (χ1v) is 7.37. The Hall–Kier alpha value is -1.67. The largest absolute Gasteiger partial charge is 0.481 e. The number of carboxylic acids is 1. The average Bonchev–Trinajstić information content (AvgIpc) is 2.42. The minimum absolute atomic E-state index is 0.0713. The third-order valence-corrected chi connectivity index (χ3v) is 3.76. The first-order valence-electron chi connectivity index (χ1n) is 6.15. The Morgan fingerprint density at radius 3 is 2.84 bits per heavy atom. The van der Waals surface area contributed by atoms with Crippen LogP contribution < -0.4 is 5.32 Å². The summed E-state index contributed by atoms with van der Waals surface area (Å²) in [5.74, 6) is -0.714. The first-order chi connectivity index (χ1) is 9.12. The molecule has 0 bridgehead atoms. The van der Waals surface area contributed by atoms with Crippen molar-refractivity contribution in [2.24, 2.45) is 5.92 Å². The third-order valence-electron chi connectivity index (χ3n) is 2.98. The monoisotopic (exact) mass is 278 g/mol. The maximum absolute atomic E-state index is 10.7. The number of anilines is 1. The van der Waals surface area contributed by atoms with Crippen LogP contribution in [0.1, 0.15) is 25.3 Å². The summed E-state index contributed by atoms with van der Waals surface area (Å²) in [5.41, 5.74) is 1.40. The van der Waals surface area contributed by atoms with Crippen LogP contribution in [0.5, 0.6) is 0 Å². The van der Waals surface area contributed by atoms with Gasteiger partial charge in [0.25, 0.3) is 0 Å². The molecule has 5 heteroatoms. The molecule has 4 nitrogen and oxygen atoms in total. The number of nitrogens with zero attached hydrogens (tertiary/aromatic N) is 1. The van der Waals surface area contributed by atoms with Crippen molar-refractivity contribution >= 4 is 23.4 Å². The fourth-order valence-corrected chi connectivity index (χ4v) is 2.40. The molecule has 0 aromatic heterocycles. The summed E-state index contributed by atoms with van der Waals surface area (Å²) < 4.78 is 0. The number of thioether (sulfide) groups is 1. The molecule has 0 aliphatic heterocycles. The zero-order chi connectivity index (χ0) is 14.3. The van der Waals surface area contributed by atoms with E-state index >= 15 is 0 Å². The molecule has 0 aliphatic rings. The van der Waals surface area contributed by atoms with E-state index < -0.39 is 5.97 Å². The van der Waals surface area contributed by atoms with Gasteiger partial charge in [0.15, 0.2) is 0 Å². The number of hydrogen-bond donors (Lipinski definition) is 2. The van der Waals surface area contributed by atoms with Gasteiger partial charge >= 0.3 is 5.97 Å². The summed E-state index contributed by atoms with van der Waals surface area (Å²) in [6, 6.07) is 7.85. The number of carboxylic acid groups (broad SMARTS) is 1. The van der Waals surface area contributed by atoms with Crippen molar-refractivity contribution < 1.29 is 9.90 Å². The van der Waals surface area contributed by atoms with Gasteiger partial charge < -0.3 is 10.4 Å². The Morgan fingerprint density at radius 1 is 1.58 bits per heavy atom. The van der Waals surface area contributed by atoms with Crippen molar-refractivity contribution in [1.82, 2.24) is 0 Å². The molecule has 0 amide bonds. The molecule has 0 saturated heterocycles. The number of nitriles is 1. The van der Waals surface area contributed by atoms with Gasteiger partial charge in [-0.2, -0.15) is 5.26 Å². The Morgan fingerprint density at radius 2 is 2.32 bits per heavy atom. The molecule has 0 radical (unpaired) electrons. The standard InChI is InChI=1S/C14H18N2O2S/c1-3-10(7-14(17)18)9-16-12-5-4-6-13(19-2)11(12)8-15/h4-6,10,16H,3,7,9H2,1-2H3,(H,17,18). The number of benzene rings is 1. The molecule has 0 aliphatic carbocycles. The molecular formula is C14H18N2O2S. The van der Waals surface area contributed by atoms with Crippen molar-refractivity contribution in [1.29, 1.82) is 5.26 Å². The second-order valence-electron chi connectivity index (χ2n) is 4.25. The highest BCUT2D eigenvalue weighted by Gasteiger charge is 2.13. The Labute approximate surface area is 117 Å². The smallest absolute Gasteiger partial charge is 0.303 e. The van der Waals surface area contributed by atoms with Gasteiger partial charge in [0.05, 0.1) is 11.3 Å². The minimum Gasteiger partial charge on any atom is -0.481 e. The molecular weight excluding hydrogens is 260 g/mol. The summed E-state index contributed by atoms with van der Waals surface area (Å²) in [6.07, 6.45) is 2.87. The number of nitrogens with one attached hydrogen (secondary N) is 1. The second-order valence-corrected chi connectivity index (χ2v) is 5.10. The number of aliphatic carboxylic acids is 1. The lowest BCUT2D eigenvalue weighted by atomic mass is 10.0. The normalized spacial score (nSPS) is 11.6. The van der Waals surface area contributed by atoms with Gasteiger partial charge in [-0.05, 0) is 24.3 Å². The molecule has 0 saturated carbocycles. The van der Waals surface area contributed by atoms with Crippen LogP contribution in [0.2, 0.25) is 0 Å². The molecule has 1 rings (SSSR count).